The number of imide groups is 1. The molecule has 0 aromatic heterocycles. The normalized spacial score (nSPS) is 14.6. The third kappa shape index (κ3) is 2.73. The Morgan fingerprint density at radius 1 is 1.33 bits per heavy atom. The van der Waals surface area contributed by atoms with E-state index in [1.165, 1.54) is 0 Å². The van der Waals surface area contributed by atoms with Crippen LogP contribution in [0.1, 0.15) is 0 Å². The first-order valence-electron chi connectivity index (χ1n) is 5.34. The van der Waals surface area contributed by atoms with Crippen LogP contribution in [0.5, 0.6) is 0 Å². The highest BCUT2D eigenvalue weighted by Crippen LogP contribution is 2.12. The molecule has 2 N–H and O–H groups in total. The molecule has 96 valence electrons. The fraction of sp³-hybridized carbons (Fsp3) is 0.273. The van der Waals surface area contributed by atoms with E-state index in [-0.39, 0.29) is 12.2 Å². The molecule has 0 aliphatic carbocycles. The summed E-state index contributed by atoms with van der Waals surface area (Å²) in [5.41, 5.74) is 0.153. The van der Waals surface area contributed by atoms with Crippen LogP contribution in [0.25, 0.3) is 0 Å². The van der Waals surface area contributed by atoms with Crippen LogP contribution in [0.4, 0.5) is 19.3 Å². The summed E-state index contributed by atoms with van der Waals surface area (Å²) >= 11 is 0. The van der Waals surface area contributed by atoms with Crippen LogP contribution < -0.4 is 10.6 Å². The molecular weight excluding hydrogens is 244 g/mol. The summed E-state index contributed by atoms with van der Waals surface area (Å²) in [4.78, 5) is 23.8. The summed E-state index contributed by atoms with van der Waals surface area (Å²) in [6.45, 7) is 0.520. The van der Waals surface area contributed by atoms with Crippen molar-refractivity contribution in [3.63, 3.8) is 0 Å². The Morgan fingerprint density at radius 2 is 2.00 bits per heavy atom. The number of carbonyl (C=O) groups is 2. The molecule has 0 radical (unpaired) electrons. The van der Waals surface area contributed by atoms with Gasteiger partial charge in [0, 0.05) is 24.8 Å². The highest BCUT2D eigenvalue weighted by atomic mass is 19.1. The standard InChI is InChI=1S/C11H11F2N3O2/c12-7-3-8(13)5-9(4-7)15-6-10(17)16-2-1-14-11(16)18/h3-5,15H,1-2,6H2,(H,14,18). The number of anilines is 1. The first-order valence-corrected chi connectivity index (χ1v) is 5.34. The van der Waals surface area contributed by atoms with Gasteiger partial charge in [-0.1, -0.05) is 0 Å². The van der Waals surface area contributed by atoms with Crippen molar-refractivity contribution in [2.75, 3.05) is 25.0 Å². The summed E-state index contributed by atoms with van der Waals surface area (Å²) in [7, 11) is 0. The van der Waals surface area contributed by atoms with E-state index in [9.17, 15) is 18.4 Å². The fourth-order valence-electron chi connectivity index (χ4n) is 1.64. The Kier molecular flexibility index (Phi) is 3.40. The number of rotatable bonds is 3. The van der Waals surface area contributed by atoms with Gasteiger partial charge in [0.25, 0.3) is 0 Å². The summed E-state index contributed by atoms with van der Waals surface area (Å²) in [5.74, 6) is -1.91. The Morgan fingerprint density at radius 3 is 2.56 bits per heavy atom. The van der Waals surface area contributed by atoms with Gasteiger partial charge < -0.3 is 10.6 Å². The topological polar surface area (TPSA) is 61.4 Å². The molecule has 1 heterocycles. The van der Waals surface area contributed by atoms with Gasteiger partial charge in [-0.3, -0.25) is 9.69 Å². The molecule has 0 unspecified atom stereocenters. The fourth-order valence-corrected chi connectivity index (χ4v) is 1.64. The molecule has 1 aromatic rings. The van der Waals surface area contributed by atoms with Crippen molar-refractivity contribution < 1.29 is 18.4 Å². The van der Waals surface area contributed by atoms with Crippen molar-refractivity contribution in [3.05, 3.63) is 29.8 Å². The smallest absolute Gasteiger partial charge is 0.324 e. The summed E-state index contributed by atoms with van der Waals surface area (Å²) in [6.07, 6.45) is 0. The number of benzene rings is 1. The van der Waals surface area contributed by atoms with Gasteiger partial charge in [-0.15, -0.1) is 0 Å². The van der Waals surface area contributed by atoms with E-state index < -0.39 is 23.6 Å². The minimum absolute atomic E-state index is 0.153. The molecule has 7 heteroatoms. The van der Waals surface area contributed by atoms with E-state index in [1.807, 2.05) is 0 Å². The van der Waals surface area contributed by atoms with E-state index >= 15 is 0 Å². The van der Waals surface area contributed by atoms with Crippen LogP contribution >= 0.6 is 0 Å². The zero-order chi connectivity index (χ0) is 13.1. The van der Waals surface area contributed by atoms with Gasteiger partial charge in [0.05, 0.1) is 6.54 Å². The zero-order valence-corrected chi connectivity index (χ0v) is 9.37. The molecule has 0 spiro atoms. The molecular formula is C11H11F2N3O2. The van der Waals surface area contributed by atoms with Gasteiger partial charge >= 0.3 is 6.03 Å². The van der Waals surface area contributed by atoms with Crippen molar-refractivity contribution >= 4 is 17.6 Å². The Labute approximate surface area is 102 Å². The predicted octanol–water partition coefficient (Wildman–Crippen LogP) is 0.929. The van der Waals surface area contributed by atoms with Crippen molar-refractivity contribution in [2.45, 2.75) is 0 Å². The van der Waals surface area contributed by atoms with E-state index in [1.54, 1.807) is 0 Å². The lowest BCUT2D eigenvalue weighted by Crippen LogP contribution is -2.38. The maximum absolute atomic E-state index is 12.9. The first kappa shape index (κ1) is 12.3. The lowest BCUT2D eigenvalue weighted by atomic mass is 10.3. The van der Waals surface area contributed by atoms with Gasteiger partial charge in [-0.05, 0) is 12.1 Å². The predicted molar refractivity (Wildman–Crippen MR) is 60.0 cm³/mol. The van der Waals surface area contributed by atoms with Gasteiger partial charge in [0.15, 0.2) is 0 Å². The van der Waals surface area contributed by atoms with Crippen molar-refractivity contribution in [2.24, 2.45) is 0 Å². The lowest BCUT2D eigenvalue weighted by molar-refractivity contribution is -0.125. The highest BCUT2D eigenvalue weighted by Gasteiger charge is 2.25. The largest absolute Gasteiger partial charge is 0.376 e. The molecule has 0 saturated carbocycles. The minimum Gasteiger partial charge on any atom is -0.376 e. The monoisotopic (exact) mass is 255 g/mol. The first-order chi connectivity index (χ1) is 8.56. The third-order valence-electron chi connectivity index (χ3n) is 2.46. The Balaban J connectivity index is 1.95. The van der Waals surface area contributed by atoms with Gasteiger partial charge in [-0.25, -0.2) is 13.6 Å². The number of nitrogens with zero attached hydrogens (tertiary/aromatic N) is 1. The summed E-state index contributed by atoms with van der Waals surface area (Å²) in [6, 6.07) is 2.43. The summed E-state index contributed by atoms with van der Waals surface area (Å²) in [5, 5.41) is 5.06. The SMILES string of the molecule is O=C(CNc1cc(F)cc(F)c1)N1CCNC1=O. The molecule has 1 aliphatic rings. The average Bonchev–Trinajstić information content (AvgIpc) is 2.71. The molecule has 5 nitrogen and oxygen atoms in total. The Hall–Kier alpha value is -2.18. The maximum Gasteiger partial charge on any atom is 0.324 e. The number of halogens is 2. The average molecular weight is 255 g/mol. The van der Waals surface area contributed by atoms with Gasteiger partial charge in [0.1, 0.15) is 11.6 Å². The number of nitrogens with one attached hydrogen (secondary N) is 2. The number of hydrogen-bond donors (Lipinski definition) is 2. The second-order valence-electron chi connectivity index (χ2n) is 3.79. The molecule has 1 aromatic carbocycles. The minimum atomic E-state index is -0.733. The van der Waals surface area contributed by atoms with E-state index in [2.05, 4.69) is 10.6 Å². The van der Waals surface area contributed by atoms with E-state index in [0.717, 1.165) is 23.1 Å². The molecule has 3 amide bonds. The molecule has 18 heavy (non-hydrogen) atoms. The molecule has 0 atom stereocenters. The molecule has 1 aliphatic heterocycles. The number of urea groups is 1. The quantitative estimate of drug-likeness (QED) is 0.844. The second-order valence-corrected chi connectivity index (χ2v) is 3.79. The van der Waals surface area contributed by atoms with Crippen molar-refractivity contribution in [1.29, 1.82) is 0 Å². The second kappa shape index (κ2) is 4.99. The number of amides is 3. The molecule has 2 rings (SSSR count). The van der Waals surface area contributed by atoms with Crippen molar-refractivity contribution in [1.82, 2.24) is 10.2 Å². The van der Waals surface area contributed by atoms with Crippen LogP contribution in [0, 0.1) is 11.6 Å². The molecule has 1 fully saturated rings. The molecule has 1 saturated heterocycles. The highest BCUT2D eigenvalue weighted by molar-refractivity contribution is 5.97. The number of carbonyl (C=O) groups excluding carboxylic acids is 2. The van der Waals surface area contributed by atoms with Crippen LogP contribution in [0.15, 0.2) is 18.2 Å². The van der Waals surface area contributed by atoms with Crippen LogP contribution in [-0.2, 0) is 4.79 Å². The van der Waals surface area contributed by atoms with E-state index in [0.29, 0.717) is 13.1 Å². The lowest BCUT2D eigenvalue weighted by Gasteiger charge is -2.13. The van der Waals surface area contributed by atoms with Gasteiger partial charge in [0.2, 0.25) is 5.91 Å². The zero-order valence-electron chi connectivity index (χ0n) is 9.37. The Bertz CT molecular complexity index is 473. The summed E-state index contributed by atoms with van der Waals surface area (Å²) < 4.78 is 25.8. The van der Waals surface area contributed by atoms with Crippen LogP contribution in [-0.4, -0.2) is 36.5 Å². The third-order valence-corrected chi connectivity index (χ3v) is 2.46. The maximum atomic E-state index is 12.9. The van der Waals surface area contributed by atoms with Crippen LogP contribution in [0.3, 0.4) is 0 Å². The van der Waals surface area contributed by atoms with E-state index in [4.69, 9.17) is 0 Å². The molecule has 0 bridgehead atoms. The van der Waals surface area contributed by atoms with Gasteiger partial charge in [-0.2, -0.15) is 0 Å². The number of hydrogen-bond acceptors (Lipinski definition) is 3. The van der Waals surface area contributed by atoms with Crippen LogP contribution in [0.2, 0.25) is 0 Å². The van der Waals surface area contributed by atoms with Crippen molar-refractivity contribution in [3.8, 4) is 0 Å².